The van der Waals surface area contributed by atoms with E-state index in [0.717, 1.165) is 83.5 Å². The van der Waals surface area contributed by atoms with E-state index < -0.39 is 23.4 Å². The van der Waals surface area contributed by atoms with Gasteiger partial charge in [0, 0.05) is 66.6 Å². The van der Waals surface area contributed by atoms with Gasteiger partial charge in [0.25, 0.3) is 0 Å². The number of rotatable bonds is 24. The smallest absolute Gasteiger partial charge is 0.309 e. The SMILES string of the molecule is CCC1OC(CC)C2C3OC(CC3C(CC(=O)OC(C)C)OC(C)=O)C12.CCC1OC(CC)C2C3OC(CC3CC(C)(O)CC(=O)OC)C12.CCC1OC(CC)C2C3OC(CC3CC(O)CC(=O)OC)C12.CCC1OC(CC)C2C3OC(CC3CCC(=O)OC(C)(C)C)C12. The van der Waals surface area contributed by atoms with Crippen LogP contribution in [0.15, 0.2) is 0 Å². The van der Waals surface area contributed by atoms with Crippen molar-refractivity contribution in [2.75, 3.05) is 14.2 Å². The third kappa shape index (κ3) is 16.4. The molecule has 12 rings (SSSR count). The van der Waals surface area contributed by atoms with Crippen LogP contribution >= 0.6 is 0 Å². The Labute approximate surface area is 561 Å². The molecule has 2 N–H and O–H groups in total. The largest absolute Gasteiger partial charge is 0.469 e. The maximum atomic E-state index is 12.2. The number of hydrogen-bond acceptors (Lipinski definition) is 20. The number of aliphatic hydroxyl groups is 2. The first-order valence-corrected chi connectivity index (χ1v) is 37.0. The third-order valence-corrected chi connectivity index (χ3v) is 23.6. The van der Waals surface area contributed by atoms with Crippen LogP contribution < -0.4 is 0 Å². The van der Waals surface area contributed by atoms with E-state index in [9.17, 15) is 34.2 Å². The van der Waals surface area contributed by atoms with E-state index >= 15 is 0 Å². The number of carbonyl (C=O) groups excluding carboxylic acids is 5. The molecule has 20 heteroatoms. The first-order chi connectivity index (χ1) is 44.7. The molecule has 538 valence electrons. The van der Waals surface area contributed by atoms with Gasteiger partial charge in [0.2, 0.25) is 0 Å². The molecule has 8 bridgehead atoms. The average Bonchev–Trinajstić information content (AvgIpc) is 1.60. The number of aliphatic hydroxyl groups excluding tert-OH is 1. The summed E-state index contributed by atoms with van der Waals surface area (Å²) in [7, 11) is 2.71. The molecule has 31 unspecified atom stereocenters. The molecule has 12 saturated heterocycles. The Balaban J connectivity index is 0.000000148. The molecule has 0 radical (unpaired) electrons. The zero-order valence-corrected chi connectivity index (χ0v) is 60.1. The highest BCUT2D eigenvalue weighted by Crippen LogP contribution is 2.60. The van der Waals surface area contributed by atoms with Gasteiger partial charge in [0.05, 0.1) is 149 Å². The maximum absolute atomic E-state index is 12.2. The first-order valence-electron chi connectivity index (χ1n) is 37.0. The zero-order chi connectivity index (χ0) is 68.4. The Hall–Kier alpha value is -3.05. The zero-order valence-electron chi connectivity index (χ0n) is 60.1. The number of esters is 5. The van der Waals surface area contributed by atoms with E-state index in [2.05, 4.69) is 60.1 Å². The van der Waals surface area contributed by atoms with Gasteiger partial charge in [-0.15, -0.1) is 0 Å². The van der Waals surface area contributed by atoms with Crippen LogP contribution in [0.2, 0.25) is 0 Å². The fourth-order valence-corrected chi connectivity index (χ4v) is 20.4. The summed E-state index contributed by atoms with van der Waals surface area (Å²) in [6.45, 7) is 29.9. The molecule has 0 spiro atoms. The molecule has 12 fully saturated rings. The first kappa shape index (κ1) is 75.2. The van der Waals surface area contributed by atoms with Crippen molar-refractivity contribution in [3.63, 3.8) is 0 Å². The molecule has 0 amide bonds. The minimum Gasteiger partial charge on any atom is -0.469 e. The molecule has 20 nitrogen and oxygen atoms in total. The highest BCUT2D eigenvalue weighted by molar-refractivity contribution is 5.72. The van der Waals surface area contributed by atoms with Crippen molar-refractivity contribution in [3.8, 4) is 0 Å². The summed E-state index contributed by atoms with van der Waals surface area (Å²) < 4.78 is 75.8. The molecule has 94 heavy (non-hydrogen) atoms. The Morgan fingerprint density at radius 3 is 1.27 bits per heavy atom. The van der Waals surface area contributed by atoms with Gasteiger partial charge in [-0.1, -0.05) is 55.4 Å². The standard InChI is InChI=1S/C20H32O6.C19H32O4.C18H30O5.C17H28O5/c1-6-13-18-16-8-12(20(26-16)19(18)14(7-2)25-13)15(24-11(5)21)9-17(22)23-10(3)4;1-6-12-16-14-10-11(8-9-15(20)23-19(3,4)5)18(22-14)17(16)13(7-2)21-12;1-5-11-15-13-7-10(8-18(3,20)9-14(19)21-4)17(23-13)16(15)12(6-2)22-11;1-4-11-15-13-7-9(6-10(18)8-14(19)20-3)17(22-13)16(15)12(5-2)21-11/h10,12-16,18-20H,6-9H2,1-5H3;11-14,16-18H,6-10H2,1-5H3;10-13,15-17,20H,5-9H2,1-4H3;9-13,15-18H,4-8H2,1-3H3. The quantitative estimate of drug-likeness (QED) is 0.0674. The van der Waals surface area contributed by atoms with Gasteiger partial charge in [0.1, 0.15) is 11.7 Å². The van der Waals surface area contributed by atoms with E-state index in [-0.39, 0.29) is 128 Å². The van der Waals surface area contributed by atoms with Crippen LogP contribution in [0.5, 0.6) is 0 Å². The molecule has 0 aromatic carbocycles. The Kier molecular flexibility index (Phi) is 25.6. The topological polar surface area (TPSA) is 246 Å². The summed E-state index contributed by atoms with van der Waals surface area (Å²) in [6.07, 6.45) is 17.5. The number of fused-ring (bicyclic) bond motifs is 20. The Morgan fingerprint density at radius 2 is 0.851 bits per heavy atom. The van der Waals surface area contributed by atoms with E-state index in [1.54, 1.807) is 6.92 Å². The Bertz CT molecular complexity index is 2500. The third-order valence-electron chi connectivity index (χ3n) is 23.6. The fourth-order valence-electron chi connectivity index (χ4n) is 20.4. The number of ether oxygens (including phenoxy) is 13. The molecule has 12 aliphatic heterocycles. The van der Waals surface area contributed by atoms with Crippen molar-refractivity contribution in [1.29, 1.82) is 0 Å². The summed E-state index contributed by atoms with van der Waals surface area (Å²) in [5.41, 5.74) is -1.43. The van der Waals surface area contributed by atoms with E-state index in [0.29, 0.717) is 115 Å². The maximum Gasteiger partial charge on any atom is 0.309 e. The molecular formula is C74H122O20. The van der Waals surface area contributed by atoms with Gasteiger partial charge in [-0.25, -0.2) is 0 Å². The molecule has 0 aromatic heterocycles. The lowest BCUT2D eigenvalue weighted by Gasteiger charge is -2.34. The van der Waals surface area contributed by atoms with Crippen LogP contribution in [-0.2, 0) is 85.6 Å². The van der Waals surface area contributed by atoms with Gasteiger partial charge in [0.15, 0.2) is 0 Å². The van der Waals surface area contributed by atoms with Crippen molar-refractivity contribution in [2.24, 2.45) is 71.0 Å². The van der Waals surface area contributed by atoms with E-state index in [1.807, 2.05) is 34.6 Å². The van der Waals surface area contributed by atoms with E-state index in [4.69, 9.17) is 56.8 Å². The lowest BCUT2D eigenvalue weighted by atomic mass is 9.68. The van der Waals surface area contributed by atoms with Gasteiger partial charge < -0.3 is 71.8 Å². The van der Waals surface area contributed by atoms with Crippen LogP contribution in [-0.4, -0.2) is 181 Å². The van der Waals surface area contributed by atoms with Crippen LogP contribution in [0.1, 0.15) is 226 Å². The lowest BCUT2D eigenvalue weighted by Crippen LogP contribution is -2.44. The number of carbonyl (C=O) groups is 5. The minimum absolute atomic E-state index is 0.0114. The molecular weight excluding hydrogens is 1210 g/mol. The average molecular weight is 1330 g/mol. The number of methoxy groups -OCH3 is 2. The summed E-state index contributed by atoms with van der Waals surface area (Å²) >= 11 is 0. The summed E-state index contributed by atoms with van der Waals surface area (Å²) in [5, 5.41) is 20.7. The summed E-state index contributed by atoms with van der Waals surface area (Å²) in [6, 6.07) is 0. The number of hydrogen-bond donors (Lipinski definition) is 2. The molecule has 12 aliphatic rings. The second-order valence-corrected chi connectivity index (χ2v) is 31.3. The summed E-state index contributed by atoms with van der Waals surface area (Å²) in [5.74, 6) is 3.46. The summed E-state index contributed by atoms with van der Waals surface area (Å²) in [4.78, 5) is 58.6. The van der Waals surface area contributed by atoms with Crippen LogP contribution in [0.25, 0.3) is 0 Å². The van der Waals surface area contributed by atoms with Gasteiger partial charge in [-0.3, -0.25) is 24.0 Å². The van der Waals surface area contributed by atoms with Crippen molar-refractivity contribution < 1.29 is 95.8 Å². The molecule has 12 heterocycles. The molecule has 0 aliphatic carbocycles. The van der Waals surface area contributed by atoms with E-state index in [1.165, 1.54) is 21.1 Å². The van der Waals surface area contributed by atoms with Gasteiger partial charge in [-0.2, -0.15) is 0 Å². The van der Waals surface area contributed by atoms with Crippen molar-refractivity contribution in [3.05, 3.63) is 0 Å². The van der Waals surface area contributed by atoms with Crippen molar-refractivity contribution >= 4 is 29.8 Å². The predicted molar refractivity (Wildman–Crippen MR) is 348 cm³/mol. The monoisotopic (exact) mass is 1330 g/mol. The van der Waals surface area contributed by atoms with Crippen LogP contribution in [0.3, 0.4) is 0 Å². The minimum atomic E-state index is -1.04. The van der Waals surface area contributed by atoms with Crippen LogP contribution in [0, 0.1) is 71.0 Å². The second kappa shape index (κ2) is 32.1. The molecule has 0 saturated carbocycles. The predicted octanol–water partition coefficient (Wildman–Crippen LogP) is 10.8. The molecule has 31 atom stereocenters. The normalized spacial score (nSPS) is 42.2. The fraction of sp³-hybridized carbons (Fsp3) is 0.932. The van der Waals surface area contributed by atoms with Crippen molar-refractivity contribution in [2.45, 2.75) is 353 Å². The highest BCUT2D eigenvalue weighted by Gasteiger charge is 2.67. The lowest BCUT2D eigenvalue weighted by molar-refractivity contribution is -0.160. The highest BCUT2D eigenvalue weighted by atomic mass is 16.6. The Morgan fingerprint density at radius 1 is 0.468 bits per heavy atom. The second-order valence-electron chi connectivity index (χ2n) is 31.3. The molecule has 0 aromatic rings. The van der Waals surface area contributed by atoms with Crippen molar-refractivity contribution in [1.82, 2.24) is 0 Å². The van der Waals surface area contributed by atoms with Crippen LogP contribution in [0.4, 0.5) is 0 Å². The van der Waals surface area contributed by atoms with Gasteiger partial charge >= 0.3 is 29.8 Å². The van der Waals surface area contributed by atoms with Gasteiger partial charge in [-0.05, 0) is 156 Å².